The lowest BCUT2D eigenvalue weighted by molar-refractivity contribution is 0.104. The van der Waals surface area contributed by atoms with E-state index < -0.39 is 0 Å². The number of fused-ring (bicyclic) bond motifs is 1. The first-order valence-corrected chi connectivity index (χ1v) is 8.51. The van der Waals surface area contributed by atoms with Crippen LogP contribution in [-0.4, -0.2) is 24.8 Å². The normalized spacial score (nSPS) is 11.1. The Morgan fingerprint density at radius 2 is 1.83 bits per heavy atom. The molecule has 24 heavy (non-hydrogen) atoms. The fraction of sp³-hybridized carbons (Fsp3) is 0.150. The molecule has 0 N–H and O–H groups in total. The Morgan fingerprint density at radius 1 is 1.08 bits per heavy atom. The van der Waals surface area contributed by atoms with Gasteiger partial charge in [0, 0.05) is 31.1 Å². The van der Waals surface area contributed by atoms with Gasteiger partial charge in [0.1, 0.15) is 11.5 Å². The maximum absolute atomic E-state index is 12.4. The van der Waals surface area contributed by atoms with E-state index in [4.69, 9.17) is 4.74 Å². The predicted molar refractivity (Wildman–Crippen MR) is 100 cm³/mol. The molecule has 0 radical (unpaired) electrons. The van der Waals surface area contributed by atoms with E-state index in [1.165, 1.54) is 11.3 Å². The van der Waals surface area contributed by atoms with E-state index in [1.807, 2.05) is 74.4 Å². The summed E-state index contributed by atoms with van der Waals surface area (Å²) in [7, 11) is 3.80. The van der Waals surface area contributed by atoms with Crippen molar-refractivity contribution in [1.82, 2.24) is 4.90 Å². The van der Waals surface area contributed by atoms with Crippen LogP contribution in [0.4, 0.5) is 0 Å². The second-order valence-electron chi connectivity index (χ2n) is 5.77. The lowest BCUT2D eigenvalue weighted by Gasteiger charge is -2.05. The maximum atomic E-state index is 12.4. The highest BCUT2D eigenvalue weighted by molar-refractivity contribution is 7.21. The number of ether oxygens (including phenoxy) is 1. The molecule has 122 valence electrons. The molecular formula is C20H19NO2S. The molecule has 1 heterocycles. The van der Waals surface area contributed by atoms with Gasteiger partial charge >= 0.3 is 0 Å². The number of hydrogen-bond acceptors (Lipinski definition) is 4. The van der Waals surface area contributed by atoms with E-state index in [2.05, 4.69) is 0 Å². The van der Waals surface area contributed by atoms with Crippen molar-refractivity contribution in [3.05, 3.63) is 71.2 Å². The smallest absolute Gasteiger partial charge is 0.197 e. The summed E-state index contributed by atoms with van der Waals surface area (Å²) in [6.45, 7) is 1.99. The van der Waals surface area contributed by atoms with Gasteiger partial charge in [0.2, 0.25) is 0 Å². The first-order valence-electron chi connectivity index (χ1n) is 7.69. The van der Waals surface area contributed by atoms with E-state index >= 15 is 0 Å². The molecule has 0 aliphatic carbocycles. The van der Waals surface area contributed by atoms with Crippen LogP contribution in [0.3, 0.4) is 0 Å². The van der Waals surface area contributed by atoms with Gasteiger partial charge in [-0.25, -0.2) is 0 Å². The zero-order valence-electron chi connectivity index (χ0n) is 13.9. The molecule has 0 amide bonds. The standard InChI is InChI=1S/C20H19NO2S/c1-14-17-13-16(23-15-7-5-4-6-8-15)9-10-19(17)24-20(14)18(22)11-12-21(2)3/h4-13H,1-3H3/b12-11+. The van der Waals surface area contributed by atoms with Gasteiger partial charge in [-0.05, 0) is 48.2 Å². The summed E-state index contributed by atoms with van der Waals surface area (Å²) in [5, 5.41) is 1.06. The average molecular weight is 337 g/mol. The molecule has 1 aromatic heterocycles. The maximum Gasteiger partial charge on any atom is 0.197 e. The first kappa shape index (κ1) is 16.3. The molecule has 3 nitrogen and oxygen atoms in total. The fourth-order valence-electron chi connectivity index (χ4n) is 2.42. The van der Waals surface area contributed by atoms with Crippen LogP contribution < -0.4 is 4.74 Å². The van der Waals surface area contributed by atoms with Crippen LogP contribution in [0, 0.1) is 6.92 Å². The number of allylic oxidation sites excluding steroid dienone is 1. The Kier molecular flexibility index (Phi) is 4.67. The minimum atomic E-state index is 0.0351. The number of benzene rings is 2. The van der Waals surface area contributed by atoms with Crippen molar-refractivity contribution in [2.45, 2.75) is 6.92 Å². The molecule has 0 atom stereocenters. The minimum Gasteiger partial charge on any atom is -0.457 e. The van der Waals surface area contributed by atoms with Crippen molar-refractivity contribution < 1.29 is 9.53 Å². The zero-order valence-corrected chi connectivity index (χ0v) is 14.8. The molecule has 0 fully saturated rings. The highest BCUT2D eigenvalue weighted by Crippen LogP contribution is 2.35. The molecule has 3 rings (SSSR count). The Balaban J connectivity index is 1.93. The summed E-state index contributed by atoms with van der Waals surface area (Å²) in [4.78, 5) is 15.0. The van der Waals surface area contributed by atoms with Gasteiger partial charge in [0.15, 0.2) is 5.78 Å². The molecule has 0 aliphatic heterocycles. The predicted octanol–water partition coefficient (Wildman–Crippen LogP) is 5.26. The first-order chi connectivity index (χ1) is 11.5. The number of thiophene rings is 1. The van der Waals surface area contributed by atoms with E-state index in [-0.39, 0.29) is 5.78 Å². The van der Waals surface area contributed by atoms with Crippen molar-refractivity contribution in [3.8, 4) is 11.5 Å². The van der Waals surface area contributed by atoms with E-state index in [1.54, 1.807) is 12.3 Å². The van der Waals surface area contributed by atoms with Crippen LogP contribution in [0.25, 0.3) is 10.1 Å². The van der Waals surface area contributed by atoms with Gasteiger partial charge in [-0.1, -0.05) is 18.2 Å². The SMILES string of the molecule is Cc1c(C(=O)/C=C/N(C)C)sc2ccc(Oc3ccccc3)cc12. The summed E-state index contributed by atoms with van der Waals surface area (Å²) < 4.78 is 6.98. The van der Waals surface area contributed by atoms with Gasteiger partial charge in [0.25, 0.3) is 0 Å². The van der Waals surface area contributed by atoms with E-state index in [0.29, 0.717) is 0 Å². The Hall–Kier alpha value is -2.59. The molecule has 0 bridgehead atoms. The molecule has 0 saturated heterocycles. The van der Waals surface area contributed by atoms with Gasteiger partial charge in [-0.3, -0.25) is 4.79 Å². The number of aryl methyl sites for hydroxylation is 1. The topological polar surface area (TPSA) is 29.5 Å². The molecule has 0 saturated carbocycles. The second-order valence-corrected chi connectivity index (χ2v) is 6.83. The number of carbonyl (C=O) groups excluding carboxylic acids is 1. The quantitative estimate of drug-likeness (QED) is 0.470. The molecule has 2 aromatic carbocycles. The molecular weight excluding hydrogens is 318 g/mol. The van der Waals surface area contributed by atoms with Gasteiger partial charge < -0.3 is 9.64 Å². The highest BCUT2D eigenvalue weighted by atomic mass is 32.1. The van der Waals surface area contributed by atoms with Crippen LogP contribution >= 0.6 is 11.3 Å². The number of hydrogen-bond donors (Lipinski definition) is 0. The highest BCUT2D eigenvalue weighted by Gasteiger charge is 2.14. The largest absolute Gasteiger partial charge is 0.457 e. The Bertz CT molecular complexity index is 895. The van der Waals surface area contributed by atoms with Crippen molar-refractivity contribution in [2.24, 2.45) is 0 Å². The van der Waals surface area contributed by atoms with Gasteiger partial charge in [0.05, 0.1) is 4.88 Å². The third kappa shape index (κ3) is 3.49. The van der Waals surface area contributed by atoms with Crippen molar-refractivity contribution in [3.63, 3.8) is 0 Å². The van der Waals surface area contributed by atoms with Crippen LogP contribution in [0.5, 0.6) is 11.5 Å². The molecule has 0 unspecified atom stereocenters. The summed E-state index contributed by atoms with van der Waals surface area (Å²) in [6.07, 6.45) is 3.38. The summed E-state index contributed by atoms with van der Waals surface area (Å²) >= 11 is 1.52. The van der Waals surface area contributed by atoms with Crippen molar-refractivity contribution >= 4 is 27.2 Å². The van der Waals surface area contributed by atoms with Crippen molar-refractivity contribution in [2.75, 3.05) is 14.1 Å². The number of para-hydroxylation sites is 1. The van der Waals surface area contributed by atoms with Crippen LogP contribution in [0.15, 0.2) is 60.8 Å². The minimum absolute atomic E-state index is 0.0351. The second kappa shape index (κ2) is 6.89. The Morgan fingerprint density at radius 3 is 2.54 bits per heavy atom. The fourth-order valence-corrected chi connectivity index (χ4v) is 3.53. The number of ketones is 1. The lowest BCUT2D eigenvalue weighted by atomic mass is 10.1. The monoisotopic (exact) mass is 337 g/mol. The van der Waals surface area contributed by atoms with Gasteiger partial charge in [-0.2, -0.15) is 0 Å². The van der Waals surface area contributed by atoms with Crippen LogP contribution in [0.2, 0.25) is 0 Å². The van der Waals surface area contributed by atoms with Crippen molar-refractivity contribution in [1.29, 1.82) is 0 Å². The van der Waals surface area contributed by atoms with Crippen LogP contribution in [0.1, 0.15) is 15.2 Å². The van der Waals surface area contributed by atoms with E-state index in [9.17, 15) is 4.79 Å². The lowest BCUT2D eigenvalue weighted by Crippen LogP contribution is -2.02. The summed E-state index contributed by atoms with van der Waals surface area (Å²) in [6, 6.07) is 15.6. The third-order valence-electron chi connectivity index (χ3n) is 3.63. The number of nitrogens with zero attached hydrogens (tertiary/aromatic N) is 1. The Labute approximate surface area is 145 Å². The van der Waals surface area contributed by atoms with Gasteiger partial charge in [-0.15, -0.1) is 11.3 Å². The van der Waals surface area contributed by atoms with Crippen LogP contribution in [-0.2, 0) is 0 Å². The average Bonchev–Trinajstić information content (AvgIpc) is 2.90. The van der Waals surface area contributed by atoms with E-state index in [0.717, 1.165) is 32.0 Å². The molecule has 4 heteroatoms. The zero-order chi connectivity index (χ0) is 17.1. The third-order valence-corrected chi connectivity index (χ3v) is 4.92. The summed E-state index contributed by atoms with van der Waals surface area (Å²) in [5.74, 6) is 1.61. The molecule has 0 spiro atoms. The number of rotatable bonds is 5. The number of carbonyl (C=O) groups is 1. The summed E-state index contributed by atoms with van der Waals surface area (Å²) in [5.41, 5.74) is 1.00. The molecule has 0 aliphatic rings. The molecule has 3 aromatic rings.